The second-order valence-electron chi connectivity index (χ2n) is 6.52. The number of hydrogen-bond acceptors (Lipinski definition) is 6. The summed E-state index contributed by atoms with van der Waals surface area (Å²) in [6.07, 6.45) is 6.92. The van der Waals surface area contributed by atoms with Gasteiger partial charge in [0.1, 0.15) is 0 Å². The van der Waals surface area contributed by atoms with Crippen molar-refractivity contribution in [1.29, 1.82) is 0 Å². The van der Waals surface area contributed by atoms with Gasteiger partial charge in [-0.1, -0.05) is 0 Å². The van der Waals surface area contributed by atoms with Crippen molar-refractivity contribution in [2.75, 3.05) is 24.5 Å². The van der Waals surface area contributed by atoms with Crippen LogP contribution in [0.2, 0.25) is 0 Å². The summed E-state index contributed by atoms with van der Waals surface area (Å²) in [6, 6.07) is 3.67. The fourth-order valence-corrected chi connectivity index (χ4v) is 3.07. The van der Waals surface area contributed by atoms with Gasteiger partial charge in [0.25, 0.3) is 0 Å². The number of amides is 1. The molecule has 0 spiro atoms. The predicted octanol–water partition coefficient (Wildman–Crippen LogP) is 0.519. The second-order valence-corrected chi connectivity index (χ2v) is 6.52. The molecule has 1 amide bonds. The lowest BCUT2D eigenvalue weighted by molar-refractivity contribution is -0.122. The van der Waals surface area contributed by atoms with Crippen molar-refractivity contribution in [3.8, 4) is 0 Å². The summed E-state index contributed by atoms with van der Waals surface area (Å²) in [5.41, 5.74) is 0.0616. The molecule has 8 nitrogen and oxygen atoms in total. The normalized spacial score (nSPS) is 20.5. The number of carbonyl (C=O) groups is 1. The lowest BCUT2D eigenvalue weighted by Gasteiger charge is -2.39. The fourth-order valence-electron chi connectivity index (χ4n) is 3.07. The average molecular weight is 344 g/mol. The average Bonchev–Trinajstić information content (AvgIpc) is 3.04. The molecule has 2 aromatic rings. The summed E-state index contributed by atoms with van der Waals surface area (Å²) in [5.74, 6) is 0.525. The molecule has 1 aliphatic rings. The smallest absolute Gasteiger partial charge is 0.225 e. The molecule has 1 fully saturated rings. The summed E-state index contributed by atoms with van der Waals surface area (Å²) in [6.45, 7) is 3.94. The van der Waals surface area contributed by atoms with Gasteiger partial charge in [0.05, 0.1) is 12.1 Å². The minimum Gasteiger partial charge on any atom is -0.386 e. The minimum atomic E-state index is -0.964. The van der Waals surface area contributed by atoms with Crippen LogP contribution in [0.3, 0.4) is 0 Å². The maximum Gasteiger partial charge on any atom is 0.225 e. The zero-order chi connectivity index (χ0) is 17.7. The van der Waals surface area contributed by atoms with E-state index in [1.807, 2.05) is 17.9 Å². The van der Waals surface area contributed by atoms with Gasteiger partial charge in [-0.3, -0.25) is 9.48 Å². The Morgan fingerprint density at radius 2 is 2.16 bits per heavy atom. The van der Waals surface area contributed by atoms with Crippen molar-refractivity contribution in [2.24, 2.45) is 0 Å². The molecular weight excluding hydrogens is 320 g/mol. The molecule has 1 atom stereocenters. The van der Waals surface area contributed by atoms with Crippen LogP contribution < -0.4 is 10.2 Å². The molecule has 0 bridgehead atoms. The zero-order valence-electron chi connectivity index (χ0n) is 14.4. The summed E-state index contributed by atoms with van der Waals surface area (Å²) in [7, 11) is 0. The molecular formula is C17H24N6O2. The highest BCUT2D eigenvalue weighted by Crippen LogP contribution is 2.23. The lowest BCUT2D eigenvalue weighted by Crippen LogP contribution is -2.54. The molecule has 134 valence electrons. The lowest BCUT2D eigenvalue weighted by atomic mass is 9.93. The standard InChI is InChI=1S/C17H24N6O2/c1-14-4-9-21-23(14)11-5-15(24)20-12-17(25)6-2-10-22(13-17)16-18-7-3-8-19-16/h3-4,7-9,25H,2,5-6,10-13H2,1H3,(H,20,24)/t17-/m0/s1. The summed E-state index contributed by atoms with van der Waals surface area (Å²) < 4.78 is 1.80. The van der Waals surface area contributed by atoms with E-state index in [0.29, 0.717) is 31.9 Å². The van der Waals surface area contributed by atoms with E-state index < -0.39 is 5.60 Å². The number of carbonyl (C=O) groups excluding carboxylic acids is 1. The Hall–Kier alpha value is -2.48. The number of anilines is 1. The van der Waals surface area contributed by atoms with E-state index in [2.05, 4.69) is 20.4 Å². The van der Waals surface area contributed by atoms with Gasteiger partial charge < -0.3 is 15.3 Å². The first-order chi connectivity index (χ1) is 12.1. The second kappa shape index (κ2) is 7.60. The molecule has 0 aliphatic carbocycles. The van der Waals surface area contributed by atoms with Crippen LogP contribution in [0.1, 0.15) is 25.0 Å². The topological polar surface area (TPSA) is 96.2 Å². The van der Waals surface area contributed by atoms with Crippen LogP contribution in [-0.4, -0.2) is 56.0 Å². The van der Waals surface area contributed by atoms with Crippen molar-refractivity contribution in [3.05, 3.63) is 36.4 Å². The molecule has 1 aliphatic heterocycles. The number of aryl methyl sites for hydroxylation is 2. The van der Waals surface area contributed by atoms with E-state index >= 15 is 0 Å². The number of aromatic nitrogens is 4. The first-order valence-electron chi connectivity index (χ1n) is 8.55. The van der Waals surface area contributed by atoms with E-state index in [1.54, 1.807) is 29.3 Å². The van der Waals surface area contributed by atoms with Gasteiger partial charge in [0.2, 0.25) is 11.9 Å². The summed E-state index contributed by atoms with van der Waals surface area (Å²) in [4.78, 5) is 22.5. The van der Waals surface area contributed by atoms with Gasteiger partial charge in [-0.05, 0) is 31.9 Å². The highest BCUT2D eigenvalue weighted by Gasteiger charge is 2.34. The van der Waals surface area contributed by atoms with Gasteiger partial charge in [-0.2, -0.15) is 5.10 Å². The number of hydrogen-bond donors (Lipinski definition) is 2. The highest BCUT2D eigenvalue weighted by molar-refractivity contribution is 5.75. The van der Waals surface area contributed by atoms with E-state index in [4.69, 9.17) is 0 Å². The number of piperidine rings is 1. The Labute approximate surface area is 146 Å². The first kappa shape index (κ1) is 17.3. The minimum absolute atomic E-state index is 0.0867. The number of β-amino-alcohol motifs (C(OH)–C–C–N with tert-alkyl or cyclic N) is 1. The number of nitrogens with zero attached hydrogens (tertiary/aromatic N) is 5. The molecule has 3 rings (SSSR count). The molecule has 25 heavy (non-hydrogen) atoms. The van der Waals surface area contributed by atoms with Crippen LogP contribution in [0.5, 0.6) is 0 Å². The maximum atomic E-state index is 12.1. The first-order valence-corrected chi connectivity index (χ1v) is 8.55. The molecule has 2 aromatic heterocycles. The Morgan fingerprint density at radius 3 is 2.88 bits per heavy atom. The van der Waals surface area contributed by atoms with Gasteiger partial charge in [0.15, 0.2) is 0 Å². The fraction of sp³-hybridized carbons (Fsp3) is 0.529. The number of aliphatic hydroxyl groups is 1. The van der Waals surface area contributed by atoms with Crippen molar-refractivity contribution in [2.45, 2.75) is 38.3 Å². The molecule has 3 heterocycles. The molecule has 2 N–H and O–H groups in total. The Bertz CT molecular complexity index is 704. The predicted molar refractivity (Wildman–Crippen MR) is 93.0 cm³/mol. The Kier molecular flexibility index (Phi) is 5.28. The van der Waals surface area contributed by atoms with Gasteiger partial charge in [0, 0.05) is 50.3 Å². The Morgan fingerprint density at radius 1 is 1.36 bits per heavy atom. The quantitative estimate of drug-likeness (QED) is 0.793. The van der Waals surface area contributed by atoms with Crippen LogP contribution in [0.15, 0.2) is 30.7 Å². The molecule has 8 heteroatoms. The van der Waals surface area contributed by atoms with Gasteiger partial charge >= 0.3 is 0 Å². The Balaban J connectivity index is 1.49. The van der Waals surface area contributed by atoms with Gasteiger partial charge in [-0.15, -0.1) is 0 Å². The zero-order valence-corrected chi connectivity index (χ0v) is 14.4. The number of nitrogens with one attached hydrogen (secondary N) is 1. The SMILES string of the molecule is Cc1ccnn1CCC(=O)NC[C@@]1(O)CCCN(c2ncccn2)C1. The van der Waals surface area contributed by atoms with Crippen molar-refractivity contribution < 1.29 is 9.90 Å². The van der Waals surface area contributed by atoms with Crippen LogP contribution >= 0.6 is 0 Å². The van der Waals surface area contributed by atoms with Crippen molar-refractivity contribution >= 4 is 11.9 Å². The molecule has 1 saturated heterocycles. The van der Waals surface area contributed by atoms with Crippen LogP contribution in [0.25, 0.3) is 0 Å². The molecule has 0 unspecified atom stereocenters. The third kappa shape index (κ3) is 4.54. The third-order valence-electron chi connectivity index (χ3n) is 4.48. The van der Waals surface area contributed by atoms with Crippen LogP contribution in [0, 0.1) is 6.92 Å². The largest absolute Gasteiger partial charge is 0.386 e. The monoisotopic (exact) mass is 344 g/mol. The number of rotatable bonds is 6. The van der Waals surface area contributed by atoms with E-state index in [-0.39, 0.29) is 12.5 Å². The molecule has 0 radical (unpaired) electrons. The summed E-state index contributed by atoms with van der Waals surface area (Å²) >= 11 is 0. The van der Waals surface area contributed by atoms with E-state index in [1.165, 1.54) is 0 Å². The van der Waals surface area contributed by atoms with E-state index in [0.717, 1.165) is 18.7 Å². The van der Waals surface area contributed by atoms with Crippen LogP contribution in [-0.2, 0) is 11.3 Å². The highest BCUT2D eigenvalue weighted by atomic mass is 16.3. The molecule has 0 aromatic carbocycles. The van der Waals surface area contributed by atoms with E-state index in [9.17, 15) is 9.90 Å². The van der Waals surface area contributed by atoms with Crippen molar-refractivity contribution in [3.63, 3.8) is 0 Å². The summed E-state index contributed by atoms with van der Waals surface area (Å²) in [5, 5.41) is 17.8. The van der Waals surface area contributed by atoms with Crippen LogP contribution in [0.4, 0.5) is 5.95 Å². The van der Waals surface area contributed by atoms with Gasteiger partial charge in [-0.25, -0.2) is 9.97 Å². The van der Waals surface area contributed by atoms with Crippen molar-refractivity contribution in [1.82, 2.24) is 25.1 Å². The maximum absolute atomic E-state index is 12.1. The third-order valence-corrected chi connectivity index (χ3v) is 4.48. The molecule has 0 saturated carbocycles.